The molecule has 2 N–H and O–H groups in total. The maximum absolute atomic E-state index is 12.5. The van der Waals surface area contributed by atoms with Crippen LogP contribution in [-0.4, -0.2) is 67.8 Å². The summed E-state index contributed by atoms with van der Waals surface area (Å²) in [6.45, 7) is 4.29. The summed E-state index contributed by atoms with van der Waals surface area (Å²) in [6, 6.07) is 0. The zero-order valence-corrected chi connectivity index (χ0v) is 15.5. The first-order chi connectivity index (χ1) is 13.4. The van der Waals surface area contributed by atoms with Crippen LogP contribution in [0.5, 0.6) is 0 Å². The second-order valence-electron chi connectivity index (χ2n) is 5.43. The van der Waals surface area contributed by atoms with E-state index in [9.17, 15) is 31.1 Å². The standard InChI is InChI=1S/C12H13F3N6O.C2H6.CHF3O/c13-12(14,15)6-21-11-8(4-19-21)10(17-7-18-11)16-5-9(22)20-2-1-3-20;1-2;2-1(3,4)5/h4,7H,1-3,5-6H2,(H,16,17,18);1-2H3;5H. The molecule has 164 valence electrons. The van der Waals surface area contributed by atoms with Crippen molar-refractivity contribution in [1.29, 1.82) is 0 Å². The summed E-state index contributed by atoms with van der Waals surface area (Å²) in [5, 5.41) is 13.4. The summed E-state index contributed by atoms with van der Waals surface area (Å²) in [7, 11) is 0. The molecule has 14 heteroatoms. The van der Waals surface area contributed by atoms with E-state index in [1.54, 1.807) is 4.90 Å². The Bertz CT molecular complexity index is 782. The van der Waals surface area contributed by atoms with Crippen LogP contribution in [-0.2, 0) is 11.3 Å². The summed E-state index contributed by atoms with van der Waals surface area (Å²) in [6.07, 6.45) is -5.98. The molecular weight excluding hydrogens is 410 g/mol. The first kappa shape index (κ1) is 24.4. The molecule has 0 bridgehead atoms. The van der Waals surface area contributed by atoms with Gasteiger partial charge in [-0.2, -0.15) is 18.3 Å². The number of hydrogen-bond acceptors (Lipinski definition) is 6. The predicted octanol–water partition coefficient (Wildman–Crippen LogP) is 2.56. The van der Waals surface area contributed by atoms with E-state index < -0.39 is 19.1 Å². The first-order valence-electron chi connectivity index (χ1n) is 8.48. The fraction of sp³-hybridized carbons (Fsp3) is 0.600. The Morgan fingerprint density at radius 1 is 1.17 bits per heavy atom. The lowest BCUT2D eigenvalue weighted by molar-refractivity contribution is -0.295. The van der Waals surface area contributed by atoms with Gasteiger partial charge in [0.15, 0.2) is 5.65 Å². The normalized spacial score (nSPS) is 13.6. The maximum Gasteiger partial charge on any atom is 0.519 e. The van der Waals surface area contributed by atoms with Crippen molar-refractivity contribution in [3.63, 3.8) is 0 Å². The van der Waals surface area contributed by atoms with Crippen LogP contribution >= 0.6 is 0 Å². The van der Waals surface area contributed by atoms with Crippen molar-refractivity contribution >= 4 is 22.8 Å². The number of aromatic nitrogens is 4. The molecule has 8 nitrogen and oxygen atoms in total. The smallest absolute Gasteiger partial charge is 0.360 e. The highest BCUT2D eigenvalue weighted by Crippen LogP contribution is 2.23. The third-order valence-electron chi connectivity index (χ3n) is 3.38. The zero-order chi connectivity index (χ0) is 22.2. The number of carbonyl (C=O) groups is 1. The Labute approximate surface area is 161 Å². The Morgan fingerprint density at radius 2 is 1.76 bits per heavy atom. The van der Waals surface area contributed by atoms with Crippen LogP contribution in [0.4, 0.5) is 32.2 Å². The van der Waals surface area contributed by atoms with E-state index >= 15 is 0 Å². The second-order valence-corrected chi connectivity index (χ2v) is 5.43. The molecule has 1 fully saturated rings. The minimum Gasteiger partial charge on any atom is -0.360 e. The molecule has 2 aromatic rings. The van der Waals surface area contributed by atoms with Crippen LogP contribution in [0, 0.1) is 0 Å². The molecule has 0 atom stereocenters. The van der Waals surface area contributed by atoms with Crippen LogP contribution in [0.3, 0.4) is 0 Å². The molecule has 0 radical (unpaired) electrons. The number of aliphatic hydroxyl groups is 1. The molecule has 1 aliphatic rings. The number of carbonyl (C=O) groups excluding carboxylic acids is 1. The summed E-state index contributed by atoms with van der Waals surface area (Å²) in [5.41, 5.74) is 0.0752. The highest BCUT2D eigenvalue weighted by atomic mass is 19.4. The molecular formula is C15H20F6N6O2. The molecule has 0 saturated carbocycles. The third-order valence-corrected chi connectivity index (χ3v) is 3.38. The lowest BCUT2D eigenvalue weighted by atomic mass is 10.2. The molecule has 2 aromatic heterocycles. The van der Waals surface area contributed by atoms with Crippen molar-refractivity contribution in [2.75, 3.05) is 25.0 Å². The highest BCUT2D eigenvalue weighted by molar-refractivity contribution is 5.89. The van der Waals surface area contributed by atoms with Crippen LogP contribution in [0.15, 0.2) is 12.5 Å². The van der Waals surface area contributed by atoms with Gasteiger partial charge in [0.25, 0.3) is 0 Å². The van der Waals surface area contributed by atoms with Crippen molar-refractivity contribution in [2.24, 2.45) is 0 Å². The average molecular weight is 430 g/mol. The monoisotopic (exact) mass is 430 g/mol. The van der Waals surface area contributed by atoms with Gasteiger partial charge in [0.2, 0.25) is 5.91 Å². The van der Waals surface area contributed by atoms with Gasteiger partial charge in [-0.05, 0) is 6.42 Å². The largest absolute Gasteiger partial charge is 0.519 e. The van der Waals surface area contributed by atoms with E-state index in [0.717, 1.165) is 30.5 Å². The quantitative estimate of drug-likeness (QED) is 0.724. The Balaban J connectivity index is 0.000000527. The fourth-order valence-corrected chi connectivity index (χ4v) is 2.16. The van der Waals surface area contributed by atoms with Gasteiger partial charge >= 0.3 is 12.5 Å². The Morgan fingerprint density at radius 3 is 2.24 bits per heavy atom. The summed E-state index contributed by atoms with van der Waals surface area (Å²) < 4.78 is 67.9. The van der Waals surface area contributed by atoms with Crippen molar-refractivity contribution in [1.82, 2.24) is 24.6 Å². The van der Waals surface area contributed by atoms with Crippen LogP contribution in [0.2, 0.25) is 0 Å². The van der Waals surface area contributed by atoms with Crippen molar-refractivity contribution in [3.05, 3.63) is 12.5 Å². The van der Waals surface area contributed by atoms with E-state index in [4.69, 9.17) is 5.11 Å². The number of anilines is 1. The van der Waals surface area contributed by atoms with Gasteiger partial charge in [-0.1, -0.05) is 13.8 Å². The minimum absolute atomic E-state index is 0.0383. The van der Waals surface area contributed by atoms with Gasteiger partial charge in [-0.25, -0.2) is 14.6 Å². The number of nitrogens with zero attached hydrogens (tertiary/aromatic N) is 5. The van der Waals surface area contributed by atoms with Crippen LogP contribution in [0.1, 0.15) is 20.3 Å². The molecule has 0 aromatic carbocycles. The van der Waals surface area contributed by atoms with Gasteiger partial charge in [0.05, 0.1) is 18.1 Å². The van der Waals surface area contributed by atoms with E-state index in [1.165, 1.54) is 6.20 Å². The number of halogens is 6. The summed E-state index contributed by atoms with van der Waals surface area (Å²) in [4.78, 5) is 21.3. The number of nitrogens with one attached hydrogen (secondary N) is 1. The predicted molar refractivity (Wildman–Crippen MR) is 90.7 cm³/mol. The lowest BCUT2D eigenvalue weighted by Crippen LogP contribution is -2.44. The number of rotatable bonds is 4. The van der Waals surface area contributed by atoms with Crippen LogP contribution < -0.4 is 5.32 Å². The number of fused-ring (bicyclic) bond motifs is 1. The van der Waals surface area contributed by atoms with E-state index in [2.05, 4.69) is 20.4 Å². The molecule has 3 rings (SSSR count). The first-order valence-corrected chi connectivity index (χ1v) is 8.48. The topological polar surface area (TPSA) is 96.2 Å². The molecule has 1 saturated heterocycles. The van der Waals surface area contributed by atoms with Gasteiger partial charge in [-0.3, -0.25) is 4.79 Å². The third kappa shape index (κ3) is 8.50. The SMILES string of the molecule is CC.O=C(CNc1ncnc2c1cnn2CC(F)(F)F)N1CCC1.OC(F)(F)F. The molecule has 29 heavy (non-hydrogen) atoms. The summed E-state index contributed by atoms with van der Waals surface area (Å²) in [5.74, 6) is 0.230. The van der Waals surface area contributed by atoms with E-state index in [-0.39, 0.29) is 18.1 Å². The van der Waals surface area contributed by atoms with Gasteiger partial charge in [0, 0.05) is 13.1 Å². The summed E-state index contributed by atoms with van der Waals surface area (Å²) >= 11 is 0. The molecule has 3 heterocycles. The zero-order valence-electron chi connectivity index (χ0n) is 15.5. The van der Waals surface area contributed by atoms with Crippen molar-refractivity contribution < 1.29 is 36.2 Å². The van der Waals surface area contributed by atoms with E-state index in [1.807, 2.05) is 13.8 Å². The highest BCUT2D eigenvalue weighted by Gasteiger charge is 2.30. The van der Waals surface area contributed by atoms with Gasteiger partial charge in [-0.15, -0.1) is 13.2 Å². The minimum atomic E-state index is -5.00. The number of likely N-dealkylation sites (tertiary alicyclic amines) is 1. The second kappa shape index (κ2) is 10.2. The van der Waals surface area contributed by atoms with Crippen molar-refractivity contribution in [2.45, 2.75) is 39.4 Å². The van der Waals surface area contributed by atoms with Crippen molar-refractivity contribution in [3.8, 4) is 0 Å². The molecule has 1 aliphatic heterocycles. The average Bonchev–Trinajstić information content (AvgIpc) is 2.93. The van der Waals surface area contributed by atoms with Gasteiger partial charge < -0.3 is 15.3 Å². The number of alkyl halides is 6. The number of hydrogen-bond donors (Lipinski definition) is 2. The Kier molecular flexibility index (Phi) is 8.60. The maximum atomic E-state index is 12.5. The fourth-order valence-electron chi connectivity index (χ4n) is 2.16. The molecule has 0 unspecified atom stereocenters. The molecule has 0 aliphatic carbocycles. The lowest BCUT2D eigenvalue weighted by Gasteiger charge is -2.30. The van der Waals surface area contributed by atoms with Crippen LogP contribution in [0.25, 0.3) is 11.0 Å². The number of amides is 1. The molecule has 1 amide bonds. The van der Waals surface area contributed by atoms with E-state index in [0.29, 0.717) is 11.2 Å². The van der Waals surface area contributed by atoms with Gasteiger partial charge in [0.1, 0.15) is 18.7 Å². The Hall–Kier alpha value is -2.64. The molecule has 0 spiro atoms.